The lowest BCUT2D eigenvalue weighted by atomic mass is 10.0. The second kappa shape index (κ2) is 5.80. The number of piperidine rings is 1. The van der Waals surface area contributed by atoms with Crippen LogP contribution in [0.25, 0.3) is 0 Å². The molecule has 1 unspecified atom stereocenters. The Hall–Kier alpha value is -0.940. The SMILES string of the molecule is CC(C)N1CCCCC1c1nc(CC(=O)O)cs1. The highest BCUT2D eigenvalue weighted by molar-refractivity contribution is 7.09. The fourth-order valence-corrected chi connectivity index (χ4v) is 3.52. The van der Waals surface area contributed by atoms with Crippen LogP contribution in [-0.2, 0) is 11.2 Å². The van der Waals surface area contributed by atoms with E-state index >= 15 is 0 Å². The van der Waals surface area contributed by atoms with Gasteiger partial charge in [0.25, 0.3) is 0 Å². The van der Waals surface area contributed by atoms with E-state index in [1.807, 2.05) is 5.38 Å². The van der Waals surface area contributed by atoms with Crippen molar-refractivity contribution in [2.75, 3.05) is 6.54 Å². The second-order valence-corrected chi connectivity index (χ2v) is 5.98. The van der Waals surface area contributed by atoms with Gasteiger partial charge in [0, 0.05) is 11.4 Å². The number of hydrogen-bond acceptors (Lipinski definition) is 4. The standard InChI is InChI=1S/C13H20N2O2S/c1-9(2)15-6-4-3-5-11(15)13-14-10(8-18-13)7-12(16)17/h8-9,11H,3-7H2,1-2H3,(H,16,17). The van der Waals surface area contributed by atoms with Gasteiger partial charge in [0.05, 0.1) is 18.2 Å². The Balaban J connectivity index is 2.13. The number of thiazole rings is 1. The van der Waals surface area contributed by atoms with Crippen LogP contribution in [0.3, 0.4) is 0 Å². The van der Waals surface area contributed by atoms with Gasteiger partial charge in [0.15, 0.2) is 0 Å². The summed E-state index contributed by atoms with van der Waals surface area (Å²) in [6.07, 6.45) is 3.66. The van der Waals surface area contributed by atoms with Gasteiger partial charge < -0.3 is 5.11 Å². The molecule has 0 radical (unpaired) electrons. The van der Waals surface area contributed by atoms with Crippen molar-refractivity contribution in [3.05, 3.63) is 16.1 Å². The summed E-state index contributed by atoms with van der Waals surface area (Å²) < 4.78 is 0. The third kappa shape index (κ3) is 3.09. The first-order chi connectivity index (χ1) is 8.58. The van der Waals surface area contributed by atoms with Crippen molar-refractivity contribution in [1.82, 2.24) is 9.88 Å². The lowest BCUT2D eigenvalue weighted by Crippen LogP contribution is -2.38. The molecule has 2 rings (SSSR count). The quantitative estimate of drug-likeness (QED) is 0.912. The van der Waals surface area contributed by atoms with Crippen LogP contribution < -0.4 is 0 Å². The van der Waals surface area contributed by atoms with Crippen LogP contribution >= 0.6 is 11.3 Å². The maximum atomic E-state index is 10.7. The van der Waals surface area contributed by atoms with Gasteiger partial charge in [0.1, 0.15) is 5.01 Å². The molecule has 100 valence electrons. The van der Waals surface area contributed by atoms with Crippen LogP contribution in [0.15, 0.2) is 5.38 Å². The minimum absolute atomic E-state index is 0.0326. The fraction of sp³-hybridized carbons (Fsp3) is 0.692. The first-order valence-electron chi connectivity index (χ1n) is 6.49. The molecule has 1 N–H and O–H groups in total. The zero-order valence-electron chi connectivity index (χ0n) is 10.9. The average Bonchev–Trinajstić information content (AvgIpc) is 2.76. The Morgan fingerprint density at radius 2 is 2.39 bits per heavy atom. The van der Waals surface area contributed by atoms with E-state index in [1.54, 1.807) is 11.3 Å². The average molecular weight is 268 g/mol. The Kier molecular flexibility index (Phi) is 4.35. The molecular weight excluding hydrogens is 248 g/mol. The van der Waals surface area contributed by atoms with Gasteiger partial charge in [-0.15, -0.1) is 11.3 Å². The molecule has 1 saturated heterocycles. The summed E-state index contributed by atoms with van der Waals surface area (Å²) in [7, 11) is 0. The Bertz CT molecular complexity index is 417. The molecule has 1 aliphatic rings. The number of carboxylic acids is 1. The van der Waals surface area contributed by atoms with Crippen molar-refractivity contribution in [1.29, 1.82) is 0 Å². The van der Waals surface area contributed by atoms with Gasteiger partial charge in [-0.3, -0.25) is 9.69 Å². The molecule has 18 heavy (non-hydrogen) atoms. The van der Waals surface area contributed by atoms with Crippen molar-refractivity contribution in [2.45, 2.75) is 51.6 Å². The van der Waals surface area contributed by atoms with Crippen LogP contribution in [-0.4, -0.2) is 33.5 Å². The maximum Gasteiger partial charge on any atom is 0.309 e. The lowest BCUT2D eigenvalue weighted by molar-refractivity contribution is -0.136. The highest BCUT2D eigenvalue weighted by Gasteiger charge is 2.28. The number of carbonyl (C=O) groups is 1. The van der Waals surface area contributed by atoms with E-state index in [1.165, 1.54) is 12.8 Å². The van der Waals surface area contributed by atoms with E-state index in [2.05, 4.69) is 23.7 Å². The van der Waals surface area contributed by atoms with Gasteiger partial charge in [-0.2, -0.15) is 0 Å². The summed E-state index contributed by atoms with van der Waals surface area (Å²) in [6, 6.07) is 0.897. The van der Waals surface area contributed by atoms with E-state index in [4.69, 9.17) is 5.11 Å². The fourth-order valence-electron chi connectivity index (χ4n) is 2.55. The molecule has 0 bridgehead atoms. The molecule has 1 fully saturated rings. The lowest BCUT2D eigenvalue weighted by Gasteiger charge is -2.37. The van der Waals surface area contributed by atoms with E-state index in [0.29, 0.717) is 17.8 Å². The first kappa shape index (κ1) is 13.5. The second-order valence-electron chi connectivity index (χ2n) is 5.09. The number of likely N-dealkylation sites (tertiary alicyclic amines) is 1. The number of carboxylic acid groups (broad SMARTS) is 1. The highest BCUT2D eigenvalue weighted by atomic mass is 32.1. The molecule has 1 aliphatic heterocycles. The van der Waals surface area contributed by atoms with Crippen molar-refractivity contribution >= 4 is 17.3 Å². The number of aromatic nitrogens is 1. The number of aliphatic carboxylic acids is 1. The number of hydrogen-bond donors (Lipinski definition) is 1. The first-order valence-corrected chi connectivity index (χ1v) is 7.37. The molecule has 4 nitrogen and oxygen atoms in total. The van der Waals surface area contributed by atoms with E-state index < -0.39 is 5.97 Å². The summed E-state index contributed by atoms with van der Waals surface area (Å²) in [5.74, 6) is -0.809. The predicted octanol–water partition coefficient (Wildman–Crippen LogP) is 2.71. The smallest absolute Gasteiger partial charge is 0.309 e. The number of nitrogens with zero attached hydrogens (tertiary/aromatic N) is 2. The molecular formula is C13H20N2O2S. The van der Waals surface area contributed by atoms with Gasteiger partial charge in [-0.05, 0) is 33.2 Å². The molecule has 0 amide bonds. The summed E-state index contributed by atoms with van der Waals surface area (Å²) in [6.45, 7) is 5.55. The molecule has 5 heteroatoms. The topological polar surface area (TPSA) is 53.4 Å². The molecule has 0 aliphatic carbocycles. The summed E-state index contributed by atoms with van der Waals surface area (Å²) in [5.41, 5.74) is 0.691. The van der Waals surface area contributed by atoms with Gasteiger partial charge in [-0.1, -0.05) is 6.42 Å². The third-order valence-electron chi connectivity index (χ3n) is 3.39. The van der Waals surface area contributed by atoms with E-state index in [-0.39, 0.29) is 6.42 Å². The normalized spacial score (nSPS) is 21.4. The highest BCUT2D eigenvalue weighted by Crippen LogP contribution is 2.34. The van der Waals surface area contributed by atoms with Gasteiger partial charge in [0.2, 0.25) is 0 Å². The van der Waals surface area contributed by atoms with Crippen LogP contribution in [0.1, 0.15) is 49.9 Å². The molecule has 0 saturated carbocycles. The van der Waals surface area contributed by atoms with Crippen LogP contribution in [0.5, 0.6) is 0 Å². The van der Waals surface area contributed by atoms with Crippen LogP contribution in [0.2, 0.25) is 0 Å². The Morgan fingerprint density at radius 3 is 3.06 bits per heavy atom. The van der Waals surface area contributed by atoms with Crippen molar-refractivity contribution in [2.24, 2.45) is 0 Å². The summed E-state index contributed by atoms with van der Waals surface area (Å²) >= 11 is 1.60. The van der Waals surface area contributed by atoms with Crippen molar-refractivity contribution in [3.8, 4) is 0 Å². The zero-order valence-corrected chi connectivity index (χ0v) is 11.7. The van der Waals surface area contributed by atoms with Crippen molar-refractivity contribution in [3.63, 3.8) is 0 Å². The van der Waals surface area contributed by atoms with E-state index in [9.17, 15) is 4.79 Å². The van der Waals surface area contributed by atoms with Gasteiger partial charge in [-0.25, -0.2) is 4.98 Å². The maximum absolute atomic E-state index is 10.7. The Morgan fingerprint density at radius 1 is 1.61 bits per heavy atom. The molecule has 0 spiro atoms. The molecule has 1 atom stereocenters. The van der Waals surface area contributed by atoms with Crippen LogP contribution in [0, 0.1) is 0 Å². The molecule has 0 aromatic carbocycles. The van der Waals surface area contributed by atoms with Crippen molar-refractivity contribution < 1.29 is 9.90 Å². The predicted molar refractivity (Wildman–Crippen MR) is 71.9 cm³/mol. The molecule has 2 heterocycles. The van der Waals surface area contributed by atoms with E-state index in [0.717, 1.165) is 18.0 Å². The molecule has 1 aromatic rings. The third-order valence-corrected chi connectivity index (χ3v) is 4.39. The minimum Gasteiger partial charge on any atom is -0.481 e. The zero-order chi connectivity index (χ0) is 13.1. The van der Waals surface area contributed by atoms with Crippen LogP contribution in [0.4, 0.5) is 0 Å². The summed E-state index contributed by atoms with van der Waals surface area (Å²) in [4.78, 5) is 17.7. The molecule has 1 aromatic heterocycles. The minimum atomic E-state index is -0.809. The monoisotopic (exact) mass is 268 g/mol. The van der Waals surface area contributed by atoms with Gasteiger partial charge >= 0.3 is 5.97 Å². The largest absolute Gasteiger partial charge is 0.481 e. The number of rotatable bonds is 4. The summed E-state index contributed by atoms with van der Waals surface area (Å²) in [5, 5.41) is 11.7. The Labute approximate surface area is 112 Å².